The van der Waals surface area contributed by atoms with Crippen molar-refractivity contribution in [3.63, 3.8) is 0 Å². The molecule has 2 rings (SSSR count). The summed E-state index contributed by atoms with van der Waals surface area (Å²) in [6.07, 6.45) is 6.15. The highest BCUT2D eigenvalue weighted by atomic mass is 127. The number of benzene rings is 1. The zero-order valence-electron chi connectivity index (χ0n) is 13.9. The van der Waals surface area contributed by atoms with Gasteiger partial charge < -0.3 is 15.4 Å². The molecule has 0 aliphatic heterocycles. The zero-order valence-corrected chi connectivity index (χ0v) is 16.3. The summed E-state index contributed by atoms with van der Waals surface area (Å²) in [6.45, 7) is 0.420. The molecule has 1 aliphatic carbocycles. The summed E-state index contributed by atoms with van der Waals surface area (Å²) in [6, 6.07) is 7.14. The second kappa shape index (κ2) is 11.4. The second-order valence-electron chi connectivity index (χ2n) is 5.70. The van der Waals surface area contributed by atoms with Gasteiger partial charge in [0, 0.05) is 12.6 Å². The van der Waals surface area contributed by atoms with Crippen LogP contribution in [0.5, 0.6) is 5.75 Å². The van der Waals surface area contributed by atoms with Crippen LogP contribution in [0.25, 0.3) is 0 Å². The number of rotatable bonds is 6. The first-order valence-corrected chi connectivity index (χ1v) is 8.26. The predicted octanol–water partition coefficient (Wildman–Crippen LogP) is 4.29. The number of aliphatic imine (C=N–C) groups is 1. The van der Waals surface area contributed by atoms with Crippen molar-refractivity contribution in [2.75, 3.05) is 6.54 Å². The number of halogens is 3. The van der Waals surface area contributed by atoms with Gasteiger partial charge in [-0.2, -0.15) is 8.78 Å². The summed E-state index contributed by atoms with van der Waals surface area (Å²) in [5.74, 6) is 0.942. The average Bonchev–Trinajstić information content (AvgIpc) is 2.53. The Bertz CT molecular complexity index is 508. The van der Waals surface area contributed by atoms with Crippen LogP contribution in [0, 0.1) is 0 Å². The predicted molar refractivity (Wildman–Crippen MR) is 103 cm³/mol. The van der Waals surface area contributed by atoms with Gasteiger partial charge in [0.1, 0.15) is 5.75 Å². The Hall–Kier alpha value is -1.12. The van der Waals surface area contributed by atoms with E-state index >= 15 is 0 Å². The molecule has 0 unspecified atom stereocenters. The normalized spacial score (nSPS) is 15.8. The van der Waals surface area contributed by atoms with Crippen LogP contribution in [-0.2, 0) is 6.54 Å². The first kappa shape index (κ1) is 20.9. The third-order valence-corrected chi connectivity index (χ3v) is 3.83. The number of hydrogen-bond acceptors (Lipinski definition) is 2. The Morgan fingerprint density at radius 2 is 2.04 bits per heavy atom. The summed E-state index contributed by atoms with van der Waals surface area (Å²) >= 11 is 0. The van der Waals surface area contributed by atoms with Gasteiger partial charge in [-0.3, -0.25) is 0 Å². The van der Waals surface area contributed by atoms with Gasteiger partial charge in [0.05, 0.1) is 6.54 Å². The molecule has 1 aromatic rings. The molecule has 7 heteroatoms. The summed E-state index contributed by atoms with van der Waals surface area (Å²) in [5.41, 5.74) is 0.837. The highest BCUT2D eigenvalue weighted by Crippen LogP contribution is 2.18. The van der Waals surface area contributed by atoms with Crippen LogP contribution >= 0.6 is 24.0 Å². The molecule has 0 bridgehead atoms. The van der Waals surface area contributed by atoms with Crippen LogP contribution in [-0.4, -0.2) is 25.2 Å². The van der Waals surface area contributed by atoms with E-state index in [0.717, 1.165) is 18.1 Å². The molecule has 2 N–H and O–H groups in total. The lowest BCUT2D eigenvalue weighted by Gasteiger charge is -2.24. The van der Waals surface area contributed by atoms with E-state index in [9.17, 15) is 8.78 Å². The lowest BCUT2D eigenvalue weighted by Crippen LogP contribution is -2.44. The fraction of sp³-hybridized carbons (Fsp3) is 0.588. The van der Waals surface area contributed by atoms with Crippen LogP contribution < -0.4 is 15.4 Å². The van der Waals surface area contributed by atoms with Crippen molar-refractivity contribution >= 4 is 29.9 Å². The van der Waals surface area contributed by atoms with Crippen LogP contribution in [0.1, 0.15) is 44.6 Å². The zero-order chi connectivity index (χ0) is 16.5. The van der Waals surface area contributed by atoms with Gasteiger partial charge in [-0.05, 0) is 37.5 Å². The van der Waals surface area contributed by atoms with Gasteiger partial charge in [-0.1, -0.05) is 31.4 Å². The Kier molecular flexibility index (Phi) is 9.97. The molecule has 0 atom stereocenters. The minimum atomic E-state index is -2.81. The first-order chi connectivity index (χ1) is 11.2. The van der Waals surface area contributed by atoms with Crippen molar-refractivity contribution in [1.29, 1.82) is 0 Å². The third kappa shape index (κ3) is 7.63. The molecule has 0 spiro atoms. The fourth-order valence-corrected chi connectivity index (χ4v) is 2.75. The number of alkyl halides is 2. The van der Waals surface area contributed by atoms with Crippen molar-refractivity contribution < 1.29 is 13.5 Å². The molecule has 24 heavy (non-hydrogen) atoms. The standard InChI is InChI=1S/C17H25F2N3O.HI/c1-2-20-17(22-14-8-4-3-5-9-14)21-12-13-7-6-10-15(11-13)23-16(18)19;/h6-7,10-11,14,16H,2-5,8-9,12H2,1H3,(H2,20,21,22);1H. The minimum Gasteiger partial charge on any atom is -0.435 e. The minimum absolute atomic E-state index is 0. The number of guanidine groups is 1. The summed E-state index contributed by atoms with van der Waals surface area (Å²) in [5, 5.41) is 6.70. The number of nitrogens with one attached hydrogen (secondary N) is 2. The smallest absolute Gasteiger partial charge is 0.387 e. The monoisotopic (exact) mass is 453 g/mol. The van der Waals surface area contributed by atoms with Gasteiger partial charge in [-0.25, -0.2) is 4.99 Å². The molecule has 1 fully saturated rings. The highest BCUT2D eigenvalue weighted by Gasteiger charge is 2.14. The topological polar surface area (TPSA) is 45.7 Å². The fourth-order valence-electron chi connectivity index (χ4n) is 2.75. The van der Waals surface area contributed by atoms with Crippen molar-refractivity contribution in [3.05, 3.63) is 29.8 Å². The first-order valence-electron chi connectivity index (χ1n) is 8.26. The van der Waals surface area contributed by atoms with E-state index < -0.39 is 6.61 Å². The Morgan fingerprint density at radius 1 is 1.29 bits per heavy atom. The molecule has 136 valence electrons. The SMILES string of the molecule is CCNC(=NCc1cccc(OC(F)F)c1)NC1CCCCC1.I. The van der Waals surface area contributed by atoms with Gasteiger partial charge in [0.2, 0.25) is 0 Å². The molecule has 0 saturated heterocycles. The highest BCUT2D eigenvalue weighted by molar-refractivity contribution is 14.0. The van der Waals surface area contributed by atoms with Gasteiger partial charge >= 0.3 is 6.61 Å². The Balaban J connectivity index is 0.00000288. The molecule has 1 aliphatic rings. The molecule has 4 nitrogen and oxygen atoms in total. The Labute approximate surface area is 159 Å². The van der Waals surface area contributed by atoms with Crippen LogP contribution in [0.2, 0.25) is 0 Å². The van der Waals surface area contributed by atoms with Crippen molar-refractivity contribution in [3.8, 4) is 5.75 Å². The van der Waals surface area contributed by atoms with Crippen molar-refractivity contribution in [2.24, 2.45) is 4.99 Å². The summed E-state index contributed by atoms with van der Waals surface area (Å²) in [4.78, 5) is 4.55. The van der Waals surface area contributed by atoms with E-state index in [0.29, 0.717) is 12.6 Å². The molecule has 1 saturated carbocycles. The molecular formula is C17H26F2IN3O. The largest absolute Gasteiger partial charge is 0.435 e. The molecule has 0 amide bonds. The molecule has 0 aromatic heterocycles. The maximum atomic E-state index is 12.3. The van der Waals surface area contributed by atoms with Crippen LogP contribution in [0.3, 0.4) is 0 Å². The number of hydrogen-bond donors (Lipinski definition) is 2. The van der Waals surface area contributed by atoms with E-state index in [1.165, 1.54) is 38.2 Å². The quantitative estimate of drug-likeness (QED) is 0.384. The van der Waals surface area contributed by atoms with E-state index in [-0.39, 0.29) is 29.7 Å². The van der Waals surface area contributed by atoms with Crippen molar-refractivity contribution in [1.82, 2.24) is 10.6 Å². The van der Waals surface area contributed by atoms with Crippen LogP contribution in [0.4, 0.5) is 8.78 Å². The number of ether oxygens (including phenoxy) is 1. The molecule has 0 radical (unpaired) electrons. The molecule has 0 heterocycles. The van der Waals surface area contributed by atoms with E-state index in [4.69, 9.17) is 0 Å². The van der Waals surface area contributed by atoms with Gasteiger partial charge in [-0.15, -0.1) is 24.0 Å². The molecule has 1 aromatic carbocycles. The lowest BCUT2D eigenvalue weighted by molar-refractivity contribution is -0.0498. The molecular weight excluding hydrogens is 427 g/mol. The van der Waals surface area contributed by atoms with E-state index in [1.807, 2.05) is 13.0 Å². The average molecular weight is 453 g/mol. The Morgan fingerprint density at radius 3 is 2.71 bits per heavy atom. The summed E-state index contributed by atoms with van der Waals surface area (Å²) in [7, 11) is 0. The lowest BCUT2D eigenvalue weighted by atomic mass is 9.96. The van der Waals surface area contributed by atoms with Crippen molar-refractivity contribution in [2.45, 2.75) is 58.2 Å². The maximum Gasteiger partial charge on any atom is 0.387 e. The van der Waals surface area contributed by atoms with Gasteiger partial charge in [0.15, 0.2) is 5.96 Å². The number of nitrogens with zero attached hydrogens (tertiary/aromatic N) is 1. The van der Waals surface area contributed by atoms with E-state index in [1.54, 1.807) is 12.1 Å². The summed E-state index contributed by atoms with van der Waals surface area (Å²) < 4.78 is 28.9. The second-order valence-corrected chi connectivity index (χ2v) is 5.70. The third-order valence-electron chi connectivity index (χ3n) is 3.83. The van der Waals surface area contributed by atoms with E-state index in [2.05, 4.69) is 20.4 Å². The van der Waals surface area contributed by atoms with Gasteiger partial charge in [0.25, 0.3) is 0 Å². The van der Waals surface area contributed by atoms with Crippen LogP contribution in [0.15, 0.2) is 29.3 Å². The maximum absolute atomic E-state index is 12.3.